The van der Waals surface area contributed by atoms with Gasteiger partial charge in [0, 0.05) is 17.8 Å². The number of pyridine rings is 1. The number of rotatable bonds is 4. The van der Waals surface area contributed by atoms with Crippen molar-refractivity contribution in [2.24, 2.45) is 0 Å². The maximum Gasteiger partial charge on any atom is 0.433 e. The Kier molecular flexibility index (Phi) is 5.09. The Balaban J connectivity index is 2.03. The number of nitrogens with zero attached hydrogens (tertiary/aromatic N) is 3. The highest BCUT2D eigenvalue weighted by molar-refractivity contribution is 6.32. The summed E-state index contributed by atoms with van der Waals surface area (Å²) in [5.41, 5.74) is -0.670. The predicted molar refractivity (Wildman–Crippen MR) is 91.8 cm³/mol. The molecule has 138 valence electrons. The number of carbonyl (C=O) groups excluding carboxylic acids is 1. The van der Waals surface area contributed by atoms with Gasteiger partial charge in [0.05, 0.1) is 5.02 Å². The molecule has 0 spiro atoms. The van der Waals surface area contributed by atoms with Crippen LogP contribution in [0, 0.1) is 0 Å². The summed E-state index contributed by atoms with van der Waals surface area (Å²) in [5.74, 6) is -0.741. The van der Waals surface area contributed by atoms with Crippen molar-refractivity contribution in [1.82, 2.24) is 15.0 Å². The highest BCUT2D eigenvalue weighted by Crippen LogP contribution is 2.34. The molecule has 3 aromatic rings. The fraction of sp³-hybridized carbons (Fsp3) is 0.111. The van der Waals surface area contributed by atoms with E-state index in [0.29, 0.717) is 11.6 Å². The summed E-state index contributed by atoms with van der Waals surface area (Å²) >= 11 is 6.05. The monoisotopic (exact) mass is 393 g/mol. The molecule has 0 radical (unpaired) electrons. The maximum atomic E-state index is 13.2. The molecule has 0 bridgehead atoms. The molecular weight excluding hydrogens is 383 g/mol. The number of Topliss-reactive ketones (excluding diaryl/α,β-unsaturated/α-hetero) is 1. The van der Waals surface area contributed by atoms with E-state index in [1.165, 1.54) is 37.4 Å². The van der Waals surface area contributed by atoms with Crippen molar-refractivity contribution < 1.29 is 22.7 Å². The lowest BCUT2D eigenvalue weighted by Crippen LogP contribution is -2.10. The minimum Gasteiger partial charge on any atom is -0.437 e. The van der Waals surface area contributed by atoms with E-state index in [9.17, 15) is 18.0 Å². The molecule has 2 aromatic heterocycles. The summed E-state index contributed by atoms with van der Waals surface area (Å²) in [6, 6.07) is 9.57. The summed E-state index contributed by atoms with van der Waals surface area (Å²) in [6.45, 7) is 1.37. The molecular formula is C18H11ClF3N3O2. The van der Waals surface area contributed by atoms with E-state index >= 15 is 0 Å². The van der Waals surface area contributed by atoms with Gasteiger partial charge < -0.3 is 4.74 Å². The van der Waals surface area contributed by atoms with E-state index < -0.39 is 11.9 Å². The summed E-state index contributed by atoms with van der Waals surface area (Å²) in [7, 11) is 0. The zero-order valence-corrected chi connectivity index (χ0v) is 14.5. The summed E-state index contributed by atoms with van der Waals surface area (Å²) in [4.78, 5) is 22.8. The van der Waals surface area contributed by atoms with Crippen molar-refractivity contribution in [3.05, 3.63) is 64.9 Å². The van der Waals surface area contributed by atoms with E-state index in [4.69, 9.17) is 16.3 Å². The van der Waals surface area contributed by atoms with Crippen molar-refractivity contribution in [3.63, 3.8) is 0 Å². The van der Waals surface area contributed by atoms with Crippen molar-refractivity contribution in [2.45, 2.75) is 13.1 Å². The summed E-state index contributed by atoms with van der Waals surface area (Å²) in [6.07, 6.45) is -3.29. The van der Waals surface area contributed by atoms with Crippen LogP contribution in [0.4, 0.5) is 13.2 Å². The van der Waals surface area contributed by atoms with Gasteiger partial charge in [-0.1, -0.05) is 17.7 Å². The molecule has 1 aromatic carbocycles. The fourth-order valence-corrected chi connectivity index (χ4v) is 2.37. The van der Waals surface area contributed by atoms with Crippen LogP contribution in [0.3, 0.4) is 0 Å². The number of halogens is 4. The van der Waals surface area contributed by atoms with Crippen LogP contribution in [0.15, 0.2) is 48.7 Å². The molecule has 5 nitrogen and oxygen atoms in total. The number of hydrogen-bond acceptors (Lipinski definition) is 5. The average Bonchev–Trinajstić information content (AvgIpc) is 2.63. The Morgan fingerprint density at radius 2 is 1.89 bits per heavy atom. The van der Waals surface area contributed by atoms with Crippen molar-refractivity contribution in [1.29, 1.82) is 0 Å². The number of hydrogen-bond donors (Lipinski definition) is 0. The minimum absolute atomic E-state index is 0.0560. The van der Waals surface area contributed by atoms with Gasteiger partial charge in [0.15, 0.2) is 17.3 Å². The molecule has 2 heterocycles. The lowest BCUT2D eigenvalue weighted by molar-refractivity contribution is -0.141. The van der Waals surface area contributed by atoms with Crippen LogP contribution < -0.4 is 4.74 Å². The molecule has 0 atom stereocenters. The van der Waals surface area contributed by atoms with Gasteiger partial charge in [-0.2, -0.15) is 18.2 Å². The Morgan fingerprint density at radius 1 is 1.11 bits per heavy atom. The van der Waals surface area contributed by atoms with Gasteiger partial charge in [-0.25, -0.2) is 4.98 Å². The van der Waals surface area contributed by atoms with Gasteiger partial charge in [-0.15, -0.1) is 0 Å². The number of benzene rings is 1. The van der Waals surface area contributed by atoms with Gasteiger partial charge in [-0.3, -0.25) is 9.78 Å². The second-order valence-corrected chi connectivity index (χ2v) is 5.84. The number of ketones is 1. The molecule has 0 aliphatic heterocycles. The largest absolute Gasteiger partial charge is 0.437 e. The summed E-state index contributed by atoms with van der Waals surface area (Å²) in [5, 5.41) is 0.0641. The van der Waals surface area contributed by atoms with E-state index in [0.717, 1.165) is 0 Å². The van der Waals surface area contributed by atoms with E-state index in [-0.39, 0.29) is 34.0 Å². The van der Waals surface area contributed by atoms with E-state index in [1.54, 1.807) is 12.1 Å². The SMILES string of the molecule is CC(=O)c1ccc(Oc2cc(C(F)(F)F)nc(-c3ccccn3)n2)c(Cl)c1. The molecule has 0 saturated carbocycles. The normalized spacial score (nSPS) is 11.3. The summed E-state index contributed by atoms with van der Waals surface area (Å²) < 4.78 is 45.0. The van der Waals surface area contributed by atoms with Crippen molar-refractivity contribution in [2.75, 3.05) is 0 Å². The molecule has 0 amide bonds. The highest BCUT2D eigenvalue weighted by Gasteiger charge is 2.34. The molecule has 0 aliphatic carbocycles. The van der Waals surface area contributed by atoms with E-state index in [2.05, 4.69) is 15.0 Å². The predicted octanol–water partition coefficient (Wildman–Crippen LogP) is 5.21. The van der Waals surface area contributed by atoms with Crippen LogP contribution in [-0.4, -0.2) is 20.7 Å². The van der Waals surface area contributed by atoms with Gasteiger partial charge in [0.25, 0.3) is 0 Å². The smallest absolute Gasteiger partial charge is 0.433 e. The Hall–Kier alpha value is -3.00. The molecule has 9 heteroatoms. The minimum atomic E-state index is -4.70. The van der Waals surface area contributed by atoms with Crippen LogP contribution in [0.2, 0.25) is 5.02 Å². The molecule has 0 fully saturated rings. The molecule has 0 N–H and O–H groups in total. The Bertz CT molecular complexity index is 995. The number of ether oxygens (including phenoxy) is 1. The zero-order chi connectivity index (χ0) is 19.6. The molecule has 27 heavy (non-hydrogen) atoms. The van der Waals surface area contributed by atoms with Gasteiger partial charge in [0.2, 0.25) is 5.88 Å². The first-order chi connectivity index (χ1) is 12.7. The topological polar surface area (TPSA) is 65.0 Å². The Morgan fingerprint density at radius 3 is 2.48 bits per heavy atom. The van der Waals surface area contributed by atoms with E-state index in [1.807, 2.05) is 0 Å². The molecule has 0 saturated heterocycles. The second-order valence-electron chi connectivity index (χ2n) is 5.43. The Labute approximate surface area is 156 Å². The lowest BCUT2D eigenvalue weighted by atomic mass is 10.1. The first-order valence-corrected chi connectivity index (χ1v) is 7.98. The average molecular weight is 394 g/mol. The van der Waals surface area contributed by atoms with Crippen LogP contribution in [0.25, 0.3) is 11.5 Å². The third kappa shape index (κ3) is 4.40. The molecule has 0 unspecified atom stereocenters. The van der Waals surface area contributed by atoms with Crippen LogP contribution >= 0.6 is 11.6 Å². The van der Waals surface area contributed by atoms with Crippen molar-refractivity contribution >= 4 is 17.4 Å². The van der Waals surface area contributed by atoms with Crippen LogP contribution in [0.1, 0.15) is 23.0 Å². The first-order valence-electron chi connectivity index (χ1n) is 7.60. The molecule has 3 rings (SSSR count). The van der Waals surface area contributed by atoms with Crippen molar-refractivity contribution in [3.8, 4) is 23.1 Å². The van der Waals surface area contributed by atoms with Crippen LogP contribution in [-0.2, 0) is 6.18 Å². The lowest BCUT2D eigenvalue weighted by Gasteiger charge is -2.12. The number of aromatic nitrogens is 3. The fourth-order valence-electron chi connectivity index (χ4n) is 2.15. The zero-order valence-electron chi connectivity index (χ0n) is 13.8. The maximum absolute atomic E-state index is 13.2. The third-order valence-corrected chi connectivity index (χ3v) is 3.74. The first kappa shape index (κ1) is 18.8. The number of carbonyl (C=O) groups is 1. The molecule has 0 aliphatic rings. The second kappa shape index (κ2) is 7.32. The third-order valence-electron chi connectivity index (χ3n) is 3.44. The number of alkyl halides is 3. The standard InChI is InChI=1S/C18H11ClF3N3O2/c1-10(26)11-5-6-14(12(19)8-11)27-16-9-15(18(20,21)22)24-17(25-16)13-4-2-3-7-23-13/h2-9H,1H3. The van der Waals surface area contributed by atoms with Gasteiger partial charge >= 0.3 is 6.18 Å². The van der Waals surface area contributed by atoms with Crippen LogP contribution in [0.5, 0.6) is 11.6 Å². The highest BCUT2D eigenvalue weighted by atomic mass is 35.5. The van der Waals surface area contributed by atoms with Gasteiger partial charge in [-0.05, 0) is 37.3 Å². The quantitative estimate of drug-likeness (QED) is 0.569. The van der Waals surface area contributed by atoms with Gasteiger partial charge in [0.1, 0.15) is 11.4 Å².